The van der Waals surface area contributed by atoms with E-state index < -0.39 is 0 Å². The van der Waals surface area contributed by atoms with Crippen LogP contribution in [0.1, 0.15) is 12.5 Å². The van der Waals surface area contributed by atoms with Crippen molar-refractivity contribution in [2.45, 2.75) is 13.3 Å². The lowest BCUT2D eigenvalue weighted by Gasteiger charge is -1.99. The van der Waals surface area contributed by atoms with Crippen molar-refractivity contribution >= 4 is 16.9 Å². The van der Waals surface area contributed by atoms with E-state index in [0.29, 0.717) is 12.1 Å². The van der Waals surface area contributed by atoms with E-state index in [-0.39, 0.29) is 11.5 Å². The Hall–Kier alpha value is -1.91. The quantitative estimate of drug-likeness (QED) is 0.734. The number of ketones is 1. The topological polar surface area (TPSA) is 56.9 Å². The molecule has 0 saturated heterocycles. The fourth-order valence-electron chi connectivity index (χ4n) is 1.80. The van der Waals surface area contributed by atoms with Crippen molar-refractivity contribution in [2.75, 3.05) is 0 Å². The molecule has 2 rings (SSSR count). The molecule has 5 nitrogen and oxygen atoms in total. The highest BCUT2D eigenvalue weighted by Gasteiger charge is 2.09. The summed E-state index contributed by atoms with van der Waals surface area (Å²) < 4.78 is 3.03. The van der Waals surface area contributed by atoms with Crippen molar-refractivity contribution in [3.63, 3.8) is 0 Å². The molecular formula is C11H13N3O2. The lowest BCUT2D eigenvalue weighted by Crippen LogP contribution is -2.19. The predicted octanol–water partition coefficient (Wildman–Crippen LogP) is 0.403. The van der Waals surface area contributed by atoms with Crippen LogP contribution < -0.4 is 5.69 Å². The van der Waals surface area contributed by atoms with Crippen LogP contribution in [0.25, 0.3) is 11.2 Å². The molecule has 0 N–H and O–H groups in total. The number of hydrogen-bond acceptors (Lipinski definition) is 3. The highest BCUT2D eigenvalue weighted by Crippen LogP contribution is 2.11. The third-order valence-electron chi connectivity index (χ3n) is 2.61. The first-order valence-electron chi connectivity index (χ1n) is 5.00. The standard InChI is InChI=1S/C11H13N3O2/c1-7(15)4-8-5-9-10(12-6-8)14(3)11(16)13(9)2/h5-6H,4H2,1-3H3. The summed E-state index contributed by atoms with van der Waals surface area (Å²) in [6.45, 7) is 1.54. The van der Waals surface area contributed by atoms with E-state index in [4.69, 9.17) is 0 Å². The third-order valence-corrected chi connectivity index (χ3v) is 2.61. The number of fused-ring (bicyclic) bond motifs is 1. The Labute approximate surface area is 92.3 Å². The van der Waals surface area contributed by atoms with Crippen LogP contribution in [0.2, 0.25) is 0 Å². The first kappa shape index (κ1) is 10.6. The van der Waals surface area contributed by atoms with E-state index in [0.717, 1.165) is 11.1 Å². The molecule has 0 spiro atoms. The fraction of sp³-hybridized carbons (Fsp3) is 0.364. The van der Waals surface area contributed by atoms with Crippen molar-refractivity contribution in [1.82, 2.24) is 14.1 Å². The van der Waals surface area contributed by atoms with Crippen LogP contribution in [0.5, 0.6) is 0 Å². The van der Waals surface area contributed by atoms with Gasteiger partial charge in [0.2, 0.25) is 0 Å². The number of aryl methyl sites for hydroxylation is 2. The van der Waals surface area contributed by atoms with Gasteiger partial charge >= 0.3 is 5.69 Å². The van der Waals surface area contributed by atoms with Crippen molar-refractivity contribution in [3.8, 4) is 0 Å². The maximum absolute atomic E-state index is 11.6. The van der Waals surface area contributed by atoms with Gasteiger partial charge in [0.25, 0.3) is 0 Å². The summed E-state index contributed by atoms with van der Waals surface area (Å²) in [5.41, 5.74) is 2.12. The molecule has 0 saturated carbocycles. The summed E-state index contributed by atoms with van der Waals surface area (Å²) in [4.78, 5) is 26.9. The summed E-state index contributed by atoms with van der Waals surface area (Å²) in [5, 5.41) is 0. The minimum atomic E-state index is -0.109. The molecule has 2 aromatic rings. The van der Waals surface area contributed by atoms with Gasteiger partial charge in [0.1, 0.15) is 5.78 Å². The third kappa shape index (κ3) is 1.54. The molecule has 0 aromatic carbocycles. The smallest absolute Gasteiger partial charge is 0.300 e. The number of carbonyl (C=O) groups excluding carboxylic acids is 1. The Kier molecular flexibility index (Phi) is 2.38. The molecule has 0 aliphatic carbocycles. The van der Waals surface area contributed by atoms with Crippen LogP contribution in [0.4, 0.5) is 0 Å². The van der Waals surface area contributed by atoms with Gasteiger partial charge in [-0.15, -0.1) is 0 Å². The van der Waals surface area contributed by atoms with Gasteiger partial charge in [-0.25, -0.2) is 9.78 Å². The lowest BCUT2D eigenvalue weighted by molar-refractivity contribution is -0.116. The molecule has 2 heterocycles. The number of carbonyl (C=O) groups is 1. The van der Waals surface area contributed by atoms with Gasteiger partial charge in [-0.2, -0.15) is 0 Å². The van der Waals surface area contributed by atoms with E-state index in [1.54, 1.807) is 20.3 Å². The summed E-state index contributed by atoms with van der Waals surface area (Å²) in [6, 6.07) is 1.84. The van der Waals surface area contributed by atoms with E-state index in [1.807, 2.05) is 6.07 Å². The van der Waals surface area contributed by atoms with Gasteiger partial charge in [-0.1, -0.05) is 0 Å². The largest absolute Gasteiger partial charge is 0.329 e. The van der Waals surface area contributed by atoms with E-state index >= 15 is 0 Å². The van der Waals surface area contributed by atoms with Crippen LogP contribution in [-0.2, 0) is 25.3 Å². The van der Waals surface area contributed by atoms with Gasteiger partial charge < -0.3 is 0 Å². The fourth-order valence-corrected chi connectivity index (χ4v) is 1.80. The van der Waals surface area contributed by atoms with Gasteiger partial charge in [0.05, 0.1) is 5.52 Å². The molecule has 0 unspecified atom stereocenters. The molecule has 5 heteroatoms. The Bertz CT molecular complexity index is 622. The van der Waals surface area contributed by atoms with Crippen LogP contribution >= 0.6 is 0 Å². The van der Waals surface area contributed by atoms with Gasteiger partial charge in [-0.3, -0.25) is 13.9 Å². The number of hydrogen-bond donors (Lipinski definition) is 0. The van der Waals surface area contributed by atoms with E-state index in [2.05, 4.69) is 4.98 Å². The number of imidazole rings is 1. The number of rotatable bonds is 2. The predicted molar refractivity (Wildman–Crippen MR) is 60.3 cm³/mol. The summed E-state index contributed by atoms with van der Waals surface area (Å²) in [6.07, 6.45) is 2.00. The molecule has 0 aliphatic heterocycles. The minimum Gasteiger partial charge on any atom is -0.300 e. The Balaban J connectivity index is 2.67. The molecule has 0 radical (unpaired) electrons. The van der Waals surface area contributed by atoms with Crippen LogP contribution in [0.3, 0.4) is 0 Å². The Morgan fingerprint density at radius 1 is 1.38 bits per heavy atom. The Morgan fingerprint density at radius 2 is 2.06 bits per heavy atom. The normalized spacial score (nSPS) is 10.9. The van der Waals surface area contributed by atoms with Crippen molar-refractivity contribution < 1.29 is 4.79 Å². The van der Waals surface area contributed by atoms with Crippen molar-refractivity contribution in [2.24, 2.45) is 14.1 Å². The number of pyridine rings is 1. The van der Waals surface area contributed by atoms with E-state index in [9.17, 15) is 9.59 Å². The summed E-state index contributed by atoms with van der Waals surface area (Å²) in [7, 11) is 3.38. The molecule has 2 aromatic heterocycles. The average Bonchev–Trinajstić information content (AvgIpc) is 2.43. The molecule has 0 fully saturated rings. The van der Waals surface area contributed by atoms with Crippen LogP contribution in [-0.4, -0.2) is 19.9 Å². The minimum absolute atomic E-state index is 0.0853. The molecule has 0 amide bonds. The maximum Gasteiger partial charge on any atom is 0.329 e. The van der Waals surface area contributed by atoms with Crippen molar-refractivity contribution in [1.29, 1.82) is 0 Å². The molecular weight excluding hydrogens is 206 g/mol. The lowest BCUT2D eigenvalue weighted by atomic mass is 10.1. The first-order valence-corrected chi connectivity index (χ1v) is 5.00. The SMILES string of the molecule is CC(=O)Cc1cnc2c(c1)n(C)c(=O)n2C. The zero-order chi connectivity index (χ0) is 11.9. The Morgan fingerprint density at radius 3 is 2.69 bits per heavy atom. The molecule has 84 valence electrons. The summed E-state index contributed by atoms with van der Waals surface area (Å²) in [5.74, 6) is 0.0853. The van der Waals surface area contributed by atoms with Gasteiger partial charge in [0.15, 0.2) is 5.65 Å². The van der Waals surface area contributed by atoms with Gasteiger partial charge in [0, 0.05) is 26.7 Å². The molecule has 0 bridgehead atoms. The zero-order valence-electron chi connectivity index (χ0n) is 9.52. The first-order chi connectivity index (χ1) is 7.50. The maximum atomic E-state index is 11.6. The van der Waals surface area contributed by atoms with Crippen LogP contribution in [0, 0.1) is 0 Å². The monoisotopic (exact) mass is 219 g/mol. The second-order valence-corrected chi connectivity index (χ2v) is 3.97. The zero-order valence-corrected chi connectivity index (χ0v) is 9.52. The summed E-state index contributed by atoms with van der Waals surface area (Å²) >= 11 is 0. The van der Waals surface area contributed by atoms with Gasteiger partial charge in [-0.05, 0) is 18.6 Å². The highest BCUT2D eigenvalue weighted by atomic mass is 16.1. The highest BCUT2D eigenvalue weighted by molar-refractivity contribution is 5.80. The van der Waals surface area contributed by atoms with Crippen LogP contribution in [0.15, 0.2) is 17.1 Å². The molecule has 16 heavy (non-hydrogen) atoms. The average molecular weight is 219 g/mol. The van der Waals surface area contributed by atoms with E-state index in [1.165, 1.54) is 16.1 Å². The number of Topliss-reactive ketones (excluding diaryl/α,β-unsaturated/α-hetero) is 1. The van der Waals surface area contributed by atoms with Crippen molar-refractivity contribution in [3.05, 3.63) is 28.3 Å². The molecule has 0 aliphatic rings. The number of aromatic nitrogens is 3. The number of nitrogens with zero attached hydrogens (tertiary/aromatic N) is 3. The molecule has 0 atom stereocenters. The second kappa shape index (κ2) is 3.59. The second-order valence-electron chi connectivity index (χ2n) is 3.97.